The van der Waals surface area contributed by atoms with Crippen molar-refractivity contribution in [2.24, 2.45) is 0 Å². The van der Waals surface area contributed by atoms with Crippen LogP contribution in [-0.2, 0) is 9.59 Å². The van der Waals surface area contributed by atoms with Gasteiger partial charge in [-0.2, -0.15) is 0 Å². The van der Waals surface area contributed by atoms with E-state index in [1.54, 1.807) is 24.3 Å². The summed E-state index contributed by atoms with van der Waals surface area (Å²) in [6.07, 6.45) is 0. The van der Waals surface area contributed by atoms with Crippen molar-refractivity contribution in [2.75, 3.05) is 32.5 Å². The lowest BCUT2D eigenvalue weighted by atomic mass is 10.3. The largest absolute Gasteiger partial charge is 0.347 e. The summed E-state index contributed by atoms with van der Waals surface area (Å²) in [7, 11) is 3.79. The normalized spacial score (nSPS) is 10.2. The number of nitrogens with one attached hydrogen (secondary N) is 2. The molecule has 1 rings (SSSR count). The molecule has 0 aliphatic heterocycles. The van der Waals surface area contributed by atoms with E-state index in [2.05, 4.69) is 26.6 Å². The molecule has 5 nitrogen and oxygen atoms in total. The standard InChI is InChI=1S/C12H16BrN3O2/c1-16(2)8-7-14-11(17)12(18)15-10-5-3-9(13)4-6-10/h3-6H,7-8H2,1-2H3,(H,14,17)(H,15,18). The zero-order valence-electron chi connectivity index (χ0n) is 10.4. The van der Waals surface area contributed by atoms with E-state index in [1.165, 1.54) is 0 Å². The fourth-order valence-corrected chi connectivity index (χ4v) is 1.46. The van der Waals surface area contributed by atoms with Crippen LogP contribution in [0.15, 0.2) is 28.7 Å². The highest BCUT2D eigenvalue weighted by Crippen LogP contribution is 2.13. The predicted molar refractivity (Wildman–Crippen MR) is 74.3 cm³/mol. The van der Waals surface area contributed by atoms with Crippen molar-refractivity contribution in [1.29, 1.82) is 0 Å². The fraction of sp³-hybridized carbons (Fsp3) is 0.333. The second kappa shape index (κ2) is 7.13. The predicted octanol–water partition coefficient (Wildman–Crippen LogP) is 1.07. The van der Waals surface area contributed by atoms with Gasteiger partial charge in [0.05, 0.1) is 0 Å². The van der Waals surface area contributed by atoms with Gasteiger partial charge in [-0.05, 0) is 38.4 Å². The first-order valence-corrected chi connectivity index (χ1v) is 6.28. The molecule has 0 bridgehead atoms. The number of amides is 2. The van der Waals surface area contributed by atoms with Crippen molar-refractivity contribution in [1.82, 2.24) is 10.2 Å². The first-order valence-electron chi connectivity index (χ1n) is 5.48. The van der Waals surface area contributed by atoms with E-state index in [4.69, 9.17) is 0 Å². The number of rotatable bonds is 4. The Morgan fingerprint density at radius 3 is 2.33 bits per heavy atom. The van der Waals surface area contributed by atoms with E-state index < -0.39 is 11.8 Å². The SMILES string of the molecule is CN(C)CCNC(=O)C(=O)Nc1ccc(Br)cc1. The minimum atomic E-state index is -0.656. The van der Waals surface area contributed by atoms with E-state index in [1.807, 2.05) is 19.0 Å². The lowest BCUT2D eigenvalue weighted by molar-refractivity contribution is -0.136. The Morgan fingerprint density at radius 1 is 1.17 bits per heavy atom. The number of carbonyl (C=O) groups is 2. The lowest BCUT2D eigenvalue weighted by Gasteiger charge is -2.10. The van der Waals surface area contributed by atoms with Gasteiger partial charge in [0.1, 0.15) is 0 Å². The highest BCUT2D eigenvalue weighted by atomic mass is 79.9. The van der Waals surface area contributed by atoms with Crippen LogP contribution in [0.1, 0.15) is 0 Å². The Kier molecular flexibility index (Phi) is 5.80. The molecule has 0 heterocycles. The third-order valence-electron chi connectivity index (χ3n) is 2.15. The van der Waals surface area contributed by atoms with Crippen LogP contribution in [-0.4, -0.2) is 43.9 Å². The van der Waals surface area contributed by atoms with Crippen LogP contribution in [0.5, 0.6) is 0 Å². The first kappa shape index (κ1) is 14.7. The molecular weight excluding hydrogens is 298 g/mol. The fourth-order valence-electron chi connectivity index (χ4n) is 1.19. The van der Waals surface area contributed by atoms with Gasteiger partial charge in [-0.15, -0.1) is 0 Å². The number of benzene rings is 1. The molecule has 6 heteroatoms. The molecule has 2 amide bonds. The van der Waals surface area contributed by atoms with Crippen LogP contribution in [0.4, 0.5) is 5.69 Å². The molecular formula is C12H16BrN3O2. The first-order chi connectivity index (χ1) is 8.49. The second-order valence-corrected chi connectivity index (χ2v) is 4.94. The average molecular weight is 314 g/mol. The summed E-state index contributed by atoms with van der Waals surface area (Å²) < 4.78 is 0.913. The zero-order valence-corrected chi connectivity index (χ0v) is 12.0. The number of hydrogen-bond acceptors (Lipinski definition) is 3. The van der Waals surface area contributed by atoms with Gasteiger partial charge in [-0.1, -0.05) is 15.9 Å². The smallest absolute Gasteiger partial charge is 0.313 e. The summed E-state index contributed by atoms with van der Waals surface area (Å²) in [5, 5.41) is 5.07. The third-order valence-corrected chi connectivity index (χ3v) is 2.68. The van der Waals surface area contributed by atoms with Crippen molar-refractivity contribution in [3.8, 4) is 0 Å². The van der Waals surface area contributed by atoms with Crippen LogP contribution < -0.4 is 10.6 Å². The summed E-state index contributed by atoms with van der Waals surface area (Å²) in [4.78, 5) is 24.9. The van der Waals surface area contributed by atoms with Crippen molar-refractivity contribution in [2.45, 2.75) is 0 Å². The Bertz CT molecular complexity index is 418. The number of halogens is 1. The zero-order chi connectivity index (χ0) is 13.5. The minimum absolute atomic E-state index is 0.444. The molecule has 0 unspecified atom stereocenters. The summed E-state index contributed by atoms with van der Waals surface area (Å²) in [6.45, 7) is 1.14. The second-order valence-electron chi connectivity index (χ2n) is 4.02. The van der Waals surface area contributed by atoms with Crippen molar-refractivity contribution in [3.63, 3.8) is 0 Å². The van der Waals surface area contributed by atoms with Gasteiger partial charge in [0.2, 0.25) is 0 Å². The van der Waals surface area contributed by atoms with Gasteiger partial charge in [0, 0.05) is 23.2 Å². The van der Waals surface area contributed by atoms with E-state index in [0.717, 1.165) is 4.47 Å². The van der Waals surface area contributed by atoms with Crippen molar-refractivity contribution in [3.05, 3.63) is 28.7 Å². The van der Waals surface area contributed by atoms with Gasteiger partial charge in [0.15, 0.2) is 0 Å². The summed E-state index contributed by atoms with van der Waals surface area (Å²) >= 11 is 3.29. The van der Waals surface area contributed by atoms with E-state index in [-0.39, 0.29) is 0 Å². The summed E-state index contributed by atoms with van der Waals surface area (Å²) in [5.74, 6) is -1.28. The van der Waals surface area contributed by atoms with Crippen molar-refractivity contribution >= 4 is 33.4 Å². The molecule has 1 aromatic rings. The van der Waals surface area contributed by atoms with Crippen LogP contribution in [0.3, 0.4) is 0 Å². The molecule has 2 N–H and O–H groups in total. The number of nitrogens with zero attached hydrogens (tertiary/aromatic N) is 1. The Morgan fingerprint density at radius 2 is 1.78 bits per heavy atom. The van der Waals surface area contributed by atoms with Gasteiger partial charge >= 0.3 is 11.8 Å². The minimum Gasteiger partial charge on any atom is -0.347 e. The van der Waals surface area contributed by atoms with Crippen LogP contribution >= 0.6 is 15.9 Å². The maximum absolute atomic E-state index is 11.5. The number of hydrogen-bond donors (Lipinski definition) is 2. The Labute approximate surface area is 115 Å². The molecule has 0 fully saturated rings. The Hall–Kier alpha value is -1.40. The van der Waals surface area contributed by atoms with Crippen molar-refractivity contribution < 1.29 is 9.59 Å². The highest BCUT2D eigenvalue weighted by Gasteiger charge is 2.12. The third kappa shape index (κ3) is 5.29. The van der Waals surface area contributed by atoms with E-state index in [9.17, 15) is 9.59 Å². The Balaban J connectivity index is 2.40. The topological polar surface area (TPSA) is 61.4 Å². The summed E-state index contributed by atoms with van der Waals surface area (Å²) in [5.41, 5.74) is 0.589. The molecule has 0 aliphatic rings. The van der Waals surface area contributed by atoms with Crippen LogP contribution in [0.25, 0.3) is 0 Å². The van der Waals surface area contributed by atoms with E-state index >= 15 is 0 Å². The highest BCUT2D eigenvalue weighted by molar-refractivity contribution is 9.10. The average Bonchev–Trinajstić information content (AvgIpc) is 2.31. The number of likely N-dealkylation sites (N-methyl/N-ethyl adjacent to an activating group) is 1. The molecule has 18 heavy (non-hydrogen) atoms. The van der Waals surface area contributed by atoms with Crippen LogP contribution in [0, 0.1) is 0 Å². The number of anilines is 1. The monoisotopic (exact) mass is 313 g/mol. The molecule has 0 atom stereocenters. The van der Waals surface area contributed by atoms with Gasteiger partial charge in [-0.3, -0.25) is 9.59 Å². The van der Waals surface area contributed by atoms with Gasteiger partial charge < -0.3 is 15.5 Å². The molecule has 1 aromatic carbocycles. The van der Waals surface area contributed by atoms with Crippen LogP contribution in [0.2, 0.25) is 0 Å². The maximum Gasteiger partial charge on any atom is 0.313 e. The maximum atomic E-state index is 11.5. The molecule has 98 valence electrons. The molecule has 0 saturated heterocycles. The molecule has 0 aromatic heterocycles. The molecule has 0 saturated carbocycles. The van der Waals surface area contributed by atoms with Gasteiger partial charge in [-0.25, -0.2) is 0 Å². The summed E-state index contributed by atoms with van der Waals surface area (Å²) in [6, 6.07) is 7.02. The lowest BCUT2D eigenvalue weighted by Crippen LogP contribution is -2.38. The molecule has 0 aliphatic carbocycles. The quantitative estimate of drug-likeness (QED) is 0.817. The molecule has 0 radical (unpaired) electrons. The molecule has 0 spiro atoms. The van der Waals surface area contributed by atoms with E-state index in [0.29, 0.717) is 18.8 Å². The van der Waals surface area contributed by atoms with Gasteiger partial charge in [0.25, 0.3) is 0 Å². The number of carbonyl (C=O) groups excluding carboxylic acids is 2.